The lowest BCUT2D eigenvalue weighted by Gasteiger charge is -2.26. The highest BCUT2D eigenvalue weighted by Crippen LogP contribution is 2.37. The molecule has 0 fully saturated rings. The monoisotopic (exact) mass is 579 g/mol. The van der Waals surface area contributed by atoms with Crippen molar-refractivity contribution >= 4 is 41.3 Å². The summed E-state index contributed by atoms with van der Waals surface area (Å²) >= 11 is 0. The summed E-state index contributed by atoms with van der Waals surface area (Å²) in [6.07, 6.45) is 6.65. The third-order valence-corrected chi connectivity index (χ3v) is 6.57. The highest BCUT2D eigenvalue weighted by Gasteiger charge is 2.15. The zero-order chi connectivity index (χ0) is 30.3. The number of hydrogen-bond acceptors (Lipinski definition) is 7. The molecule has 0 amide bonds. The van der Waals surface area contributed by atoms with Gasteiger partial charge in [0.25, 0.3) is 0 Å². The predicted octanol–water partition coefficient (Wildman–Crippen LogP) is 8.97. The number of benzene rings is 4. The summed E-state index contributed by atoms with van der Waals surface area (Å²) in [6, 6.07) is 33.5. The van der Waals surface area contributed by atoms with Crippen molar-refractivity contribution < 1.29 is 28.5 Å². The maximum absolute atomic E-state index is 12.4. The van der Waals surface area contributed by atoms with E-state index < -0.39 is 6.16 Å². The van der Waals surface area contributed by atoms with E-state index in [9.17, 15) is 9.59 Å². The van der Waals surface area contributed by atoms with Crippen molar-refractivity contribution in [3.05, 3.63) is 114 Å². The van der Waals surface area contributed by atoms with E-state index in [1.54, 1.807) is 19.2 Å². The molecule has 0 unspecified atom stereocenters. The quantitative estimate of drug-likeness (QED) is 0.0639. The number of ether oxygens (including phenoxy) is 4. The molecule has 0 aliphatic heterocycles. The van der Waals surface area contributed by atoms with E-state index in [0.29, 0.717) is 18.8 Å². The Labute approximate surface area is 253 Å². The minimum Gasteiger partial charge on any atom is -0.497 e. The van der Waals surface area contributed by atoms with Gasteiger partial charge in [-0.3, -0.25) is 4.79 Å². The van der Waals surface area contributed by atoms with Crippen molar-refractivity contribution in [1.29, 1.82) is 0 Å². The van der Waals surface area contributed by atoms with Gasteiger partial charge in [0.05, 0.1) is 20.3 Å². The van der Waals surface area contributed by atoms with Gasteiger partial charge in [0, 0.05) is 36.1 Å². The van der Waals surface area contributed by atoms with Crippen LogP contribution in [0.2, 0.25) is 0 Å². The predicted molar refractivity (Wildman–Crippen MR) is 170 cm³/mol. The van der Waals surface area contributed by atoms with Crippen molar-refractivity contribution in [3.8, 4) is 11.5 Å². The van der Waals surface area contributed by atoms with Gasteiger partial charge in [-0.1, -0.05) is 66.7 Å². The second kappa shape index (κ2) is 16.4. The minimum atomic E-state index is -0.750. The summed E-state index contributed by atoms with van der Waals surface area (Å²) in [5, 5.41) is 0. The molecule has 4 aromatic carbocycles. The van der Waals surface area contributed by atoms with E-state index in [4.69, 9.17) is 18.9 Å². The molecule has 0 aliphatic rings. The Kier molecular flexibility index (Phi) is 11.8. The SMILES string of the molecule is COc1cccc(N(c2ccc(/C=C/c3ccccc3)cc2)c2cccc(OC(=O)OCCCCCCOC(C)=O)c2)c1. The average Bonchev–Trinajstić information content (AvgIpc) is 3.03. The maximum Gasteiger partial charge on any atom is 0.513 e. The summed E-state index contributed by atoms with van der Waals surface area (Å²) in [5.74, 6) is 0.832. The van der Waals surface area contributed by atoms with Crippen LogP contribution in [0.5, 0.6) is 11.5 Å². The highest BCUT2D eigenvalue weighted by atomic mass is 16.7. The number of esters is 1. The molecule has 0 aliphatic carbocycles. The number of methoxy groups -OCH3 is 1. The number of unbranched alkanes of at least 4 members (excludes halogenated alkanes) is 3. The van der Waals surface area contributed by atoms with Crippen molar-refractivity contribution in [2.75, 3.05) is 25.2 Å². The van der Waals surface area contributed by atoms with Crippen LogP contribution in [0.1, 0.15) is 43.7 Å². The van der Waals surface area contributed by atoms with Gasteiger partial charge in [0.15, 0.2) is 0 Å². The second-order valence-electron chi connectivity index (χ2n) is 9.82. The first kappa shape index (κ1) is 30.9. The van der Waals surface area contributed by atoms with Crippen molar-refractivity contribution in [2.45, 2.75) is 32.6 Å². The highest BCUT2D eigenvalue weighted by molar-refractivity contribution is 5.79. The normalized spacial score (nSPS) is 10.7. The lowest BCUT2D eigenvalue weighted by molar-refractivity contribution is -0.141. The molecule has 0 radical (unpaired) electrons. The first-order chi connectivity index (χ1) is 21.0. The van der Waals surface area contributed by atoms with Gasteiger partial charge in [-0.05, 0) is 73.2 Å². The van der Waals surface area contributed by atoms with Gasteiger partial charge in [0.1, 0.15) is 11.5 Å². The number of anilines is 3. The fourth-order valence-electron chi connectivity index (χ4n) is 4.43. The van der Waals surface area contributed by atoms with Crippen LogP contribution in [0.25, 0.3) is 12.2 Å². The van der Waals surface area contributed by atoms with Gasteiger partial charge in [-0.15, -0.1) is 0 Å². The summed E-state index contributed by atoms with van der Waals surface area (Å²) in [7, 11) is 1.64. The number of carbonyl (C=O) groups is 2. The molecule has 0 saturated heterocycles. The second-order valence-corrected chi connectivity index (χ2v) is 9.82. The summed E-state index contributed by atoms with van der Waals surface area (Å²) in [6.45, 7) is 2.07. The number of nitrogens with zero attached hydrogens (tertiary/aromatic N) is 1. The molecule has 0 aromatic heterocycles. The largest absolute Gasteiger partial charge is 0.513 e. The zero-order valence-electron chi connectivity index (χ0n) is 24.6. The smallest absolute Gasteiger partial charge is 0.497 e. The van der Waals surface area contributed by atoms with Gasteiger partial charge < -0.3 is 23.8 Å². The van der Waals surface area contributed by atoms with E-state index >= 15 is 0 Å². The van der Waals surface area contributed by atoms with Crippen LogP contribution in [0.4, 0.5) is 21.9 Å². The molecule has 7 heteroatoms. The van der Waals surface area contributed by atoms with Crippen LogP contribution < -0.4 is 14.4 Å². The molecule has 4 aromatic rings. The Bertz CT molecular complexity index is 1480. The van der Waals surface area contributed by atoms with Crippen LogP contribution in [0, 0.1) is 0 Å². The van der Waals surface area contributed by atoms with E-state index in [1.165, 1.54) is 6.92 Å². The van der Waals surface area contributed by atoms with E-state index in [-0.39, 0.29) is 12.6 Å². The Hall–Kier alpha value is -5.04. The summed E-state index contributed by atoms with van der Waals surface area (Å²) < 4.78 is 21.2. The van der Waals surface area contributed by atoms with E-state index in [0.717, 1.165) is 53.2 Å². The molecule has 0 N–H and O–H groups in total. The fourth-order valence-corrected chi connectivity index (χ4v) is 4.43. The molecule has 222 valence electrons. The van der Waals surface area contributed by atoms with Crippen LogP contribution in [0.3, 0.4) is 0 Å². The summed E-state index contributed by atoms with van der Waals surface area (Å²) in [5.41, 5.74) is 4.83. The average molecular weight is 580 g/mol. The third-order valence-electron chi connectivity index (χ3n) is 6.57. The molecule has 4 rings (SSSR count). The Morgan fingerprint density at radius 2 is 1.21 bits per heavy atom. The standard InChI is InChI=1S/C36H37NO6/c1-28(38)41-24-8-3-4-9-25-42-36(39)43-35-17-11-15-33(27-35)37(32-14-10-16-34(26-32)40-2)31-22-20-30(21-23-31)19-18-29-12-6-5-7-13-29/h5-7,10-23,26-27H,3-4,8-9,24-25H2,1-2H3/b19-18+. The maximum atomic E-state index is 12.4. The Morgan fingerprint density at radius 1 is 0.628 bits per heavy atom. The van der Waals surface area contributed by atoms with Crippen LogP contribution in [0.15, 0.2) is 103 Å². The zero-order valence-corrected chi connectivity index (χ0v) is 24.6. The number of rotatable bonds is 14. The van der Waals surface area contributed by atoms with Crippen LogP contribution in [-0.4, -0.2) is 32.4 Å². The molecule has 0 spiro atoms. The Balaban J connectivity index is 1.44. The molecule has 0 bridgehead atoms. The lowest BCUT2D eigenvalue weighted by atomic mass is 10.1. The molecule has 0 saturated carbocycles. The van der Waals surface area contributed by atoms with Gasteiger partial charge in [-0.2, -0.15) is 0 Å². The van der Waals surface area contributed by atoms with Crippen LogP contribution in [-0.2, 0) is 14.3 Å². The fraction of sp³-hybridized carbons (Fsp3) is 0.222. The molecular weight excluding hydrogens is 542 g/mol. The minimum absolute atomic E-state index is 0.257. The van der Waals surface area contributed by atoms with Crippen molar-refractivity contribution in [2.24, 2.45) is 0 Å². The Morgan fingerprint density at radius 3 is 1.84 bits per heavy atom. The van der Waals surface area contributed by atoms with Crippen molar-refractivity contribution in [3.63, 3.8) is 0 Å². The third kappa shape index (κ3) is 10.1. The van der Waals surface area contributed by atoms with Crippen LogP contribution >= 0.6 is 0 Å². The van der Waals surface area contributed by atoms with Gasteiger partial charge in [-0.25, -0.2) is 4.79 Å². The summed E-state index contributed by atoms with van der Waals surface area (Å²) in [4.78, 5) is 25.3. The van der Waals surface area contributed by atoms with Crippen molar-refractivity contribution in [1.82, 2.24) is 0 Å². The molecular formula is C36H37NO6. The van der Waals surface area contributed by atoms with Gasteiger partial charge in [0.2, 0.25) is 0 Å². The lowest BCUT2D eigenvalue weighted by Crippen LogP contribution is -2.13. The first-order valence-electron chi connectivity index (χ1n) is 14.4. The van der Waals surface area contributed by atoms with E-state index in [2.05, 4.69) is 53.5 Å². The molecule has 7 nitrogen and oxygen atoms in total. The molecule has 43 heavy (non-hydrogen) atoms. The topological polar surface area (TPSA) is 74.3 Å². The molecule has 0 heterocycles. The van der Waals surface area contributed by atoms with Gasteiger partial charge >= 0.3 is 12.1 Å². The van der Waals surface area contributed by atoms with E-state index in [1.807, 2.05) is 54.6 Å². The molecule has 0 atom stereocenters. The number of carbonyl (C=O) groups excluding carboxylic acids is 2. The first-order valence-corrected chi connectivity index (χ1v) is 14.4. The number of hydrogen-bond donors (Lipinski definition) is 0.